The van der Waals surface area contributed by atoms with Crippen LogP contribution in [0, 0.1) is 5.92 Å². The third-order valence-corrected chi connectivity index (χ3v) is 3.79. The minimum atomic E-state index is -0.176. The van der Waals surface area contributed by atoms with Gasteiger partial charge in [0.15, 0.2) is 5.78 Å². The summed E-state index contributed by atoms with van der Waals surface area (Å²) in [5.74, 6) is 0.996. The Morgan fingerprint density at radius 3 is 2.46 bits per heavy atom. The van der Waals surface area contributed by atoms with Crippen LogP contribution in [0.3, 0.4) is 0 Å². The van der Waals surface area contributed by atoms with Crippen molar-refractivity contribution in [2.24, 2.45) is 5.92 Å². The SMILES string of the molecule is COc1ccc(C(=O)C=Cc2cccc(OC(=O)C3CC3)c2)cc1. The summed E-state index contributed by atoms with van der Waals surface area (Å²) in [5.41, 5.74) is 1.39. The van der Waals surface area contributed by atoms with Crippen molar-refractivity contribution in [1.29, 1.82) is 0 Å². The summed E-state index contributed by atoms with van der Waals surface area (Å²) < 4.78 is 10.4. The minimum absolute atomic E-state index is 0.0563. The van der Waals surface area contributed by atoms with Crippen LogP contribution in [-0.2, 0) is 4.79 Å². The highest BCUT2D eigenvalue weighted by atomic mass is 16.5. The first kappa shape index (κ1) is 16.0. The Labute approximate surface area is 140 Å². The van der Waals surface area contributed by atoms with E-state index in [1.165, 1.54) is 6.08 Å². The Kier molecular flexibility index (Phi) is 4.75. The number of rotatable bonds is 6. The summed E-state index contributed by atoms with van der Waals surface area (Å²) in [6, 6.07) is 14.1. The second-order valence-electron chi connectivity index (χ2n) is 5.69. The predicted molar refractivity (Wildman–Crippen MR) is 91.2 cm³/mol. The van der Waals surface area contributed by atoms with Gasteiger partial charge in [-0.3, -0.25) is 9.59 Å². The monoisotopic (exact) mass is 322 g/mol. The summed E-state index contributed by atoms with van der Waals surface area (Å²) in [4.78, 5) is 23.8. The lowest BCUT2D eigenvalue weighted by atomic mass is 10.1. The summed E-state index contributed by atoms with van der Waals surface area (Å²) >= 11 is 0. The lowest BCUT2D eigenvalue weighted by Crippen LogP contribution is -2.09. The van der Waals surface area contributed by atoms with Gasteiger partial charge in [-0.2, -0.15) is 0 Å². The second-order valence-corrected chi connectivity index (χ2v) is 5.69. The van der Waals surface area contributed by atoms with Gasteiger partial charge in [0.25, 0.3) is 0 Å². The Hall–Kier alpha value is -2.88. The Bertz CT molecular complexity index is 770. The zero-order valence-corrected chi connectivity index (χ0v) is 13.4. The maximum absolute atomic E-state index is 12.2. The van der Waals surface area contributed by atoms with Crippen LogP contribution in [0.25, 0.3) is 6.08 Å². The highest BCUT2D eigenvalue weighted by Gasteiger charge is 2.31. The van der Waals surface area contributed by atoms with Crippen molar-refractivity contribution >= 4 is 17.8 Å². The van der Waals surface area contributed by atoms with E-state index in [4.69, 9.17) is 9.47 Å². The average Bonchev–Trinajstić information content (AvgIpc) is 3.45. The average molecular weight is 322 g/mol. The third kappa shape index (κ3) is 4.10. The Balaban J connectivity index is 1.66. The maximum atomic E-state index is 12.2. The van der Waals surface area contributed by atoms with Crippen LogP contribution in [0.4, 0.5) is 0 Å². The van der Waals surface area contributed by atoms with Gasteiger partial charge < -0.3 is 9.47 Å². The fourth-order valence-corrected chi connectivity index (χ4v) is 2.22. The lowest BCUT2D eigenvalue weighted by Gasteiger charge is -2.04. The number of ether oxygens (including phenoxy) is 2. The Morgan fingerprint density at radius 2 is 1.79 bits per heavy atom. The molecular formula is C20H18O4. The van der Waals surface area contributed by atoms with Gasteiger partial charge in [-0.25, -0.2) is 0 Å². The van der Waals surface area contributed by atoms with Crippen molar-refractivity contribution in [2.45, 2.75) is 12.8 Å². The fraction of sp³-hybridized carbons (Fsp3) is 0.200. The van der Waals surface area contributed by atoms with E-state index >= 15 is 0 Å². The van der Waals surface area contributed by atoms with E-state index in [1.54, 1.807) is 55.7 Å². The molecule has 0 radical (unpaired) electrons. The molecule has 0 aliphatic heterocycles. The van der Waals surface area contributed by atoms with Gasteiger partial charge in [0.1, 0.15) is 11.5 Å². The van der Waals surface area contributed by atoms with Crippen molar-refractivity contribution in [3.8, 4) is 11.5 Å². The Morgan fingerprint density at radius 1 is 1.04 bits per heavy atom. The van der Waals surface area contributed by atoms with Crippen LogP contribution < -0.4 is 9.47 Å². The molecule has 1 aliphatic carbocycles. The number of hydrogen-bond donors (Lipinski definition) is 0. The van der Waals surface area contributed by atoms with Crippen LogP contribution in [0.1, 0.15) is 28.8 Å². The summed E-state index contributed by atoms with van der Waals surface area (Å²) in [5, 5.41) is 0. The second kappa shape index (κ2) is 7.13. The molecular weight excluding hydrogens is 304 g/mol. The number of carbonyl (C=O) groups is 2. The molecule has 0 spiro atoms. The van der Waals surface area contributed by atoms with Crippen LogP contribution in [0.2, 0.25) is 0 Å². The number of allylic oxidation sites excluding steroid dienone is 1. The van der Waals surface area contributed by atoms with Gasteiger partial charge >= 0.3 is 5.97 Å². The molecule has 1 aliphatic rings. The molecule has 1 saturated carbocycles. The first-order valence-electron chi connectivity index (χ1n) is 7.84. The molecule has 0 bridgehead atoms. The molecule has 1 fully saturated rings. The largest absolute Gasteiger partial charge is 0.497 e. The molecule has 0 heterocycles. The number of esters is 1. The number of methoxy groups -OCH3 is 1. The summed E-state index contributed by atoms with van der Waals surface area (Å²) in [6.45, 7) is 0. The van der Waals surface area contributed by atoms with E-state index in [-0.39, 0.29) is 17.7 Å². The van der Waals surface area contributed by atoms with Crippen LogP contribution in [-0.4, -0.2) is 18.9 Å². The molecule has 0 saturated heterocycles. The highest BCUT2D eigenvalue weighted by molar-refractivity contribution is 6.06. The highest BCUT2D eigenvalue weighted by Crippen LogP contribution is 2.31. The number of benzene rings is 2. The molecule has 2 aromatic rings. The zero-order chi connectivity index (χ0) is 16.9. The van der Waals surface area contributed by atoms with Gasteiger partial charge in [0.2, 0.25) is 0 Å². The molecule has 24 heavy (non-hydrogen) atoms. The van der Waals surface area contributed by atoms with E-state index < -0.39 is 0 Å². The first-order chi connectivity index (χ1) is 11.7. The quantitative estimate of drug-likeness (QED) is 0.350. The molecule has 2 aromatic carbocycles. The van der Waals surface area contributed by atoms with E-state index in [9.17, 15) is 9.59 Å². The van der Waals surface area contributed by atoms with Crippen molar-refractivity contribution in [3.63, 3.8) is 0 Å². The number of ketones is 1. The molecule has 4 nitrogen and oxygen atoms in total. The van der Waals surface area contributed by atoms with Crippen LogP contribution in [0.5, 0.6) is 11.5 Å². The van der Waals surface area contributed by atoms with Crippen LogP contribution in [0.15, 0.2) is 54.6 Å². The molecule has 0 N–H and O–H groups in total. The lowest BCUT2D eigenvalue weighted by molar-refractivity contribution is -0.135. The van der Waals surface area contributed by atoms with Gasteiger partial charge in [-0.05, 0) is 60.9 Å². The van der Waals surface area contributed by atoms with Gasteiger partial charge in [-0.1, -0.05) is 18.2 Å². The third-order valence-electron chi connectivity index (χ3n) is 3.79. The van der Waals surface area contributed by atoms with Crippen molar-refractivity contribution in [1.82, 2.24) is 0 Å². The smallest absolute Gasteiger partial charge is 0.314 e. The molecule has 3 rings (SSSR count). The maximum Gasteiger partial charge on any atom is 0.314 e. The van der Waals surface area contributed by atoms with Crippen molar-refractivity contribution in [2.75, 3.05) is 7.11 Å². The van der Waals surface area contributed by atoms with E-state index in [0.29, 0.717) is 17.1 Å². The normalized spacial score (nSPS) is 13.7. The molecule has 4 heteroatoms. The molecule has 0 unspecified atom stereocenters. The van der Waals surface area contributed by atoms with E-state index in [1.807, 2.05) is 6.07 Å². The number of carbonyl (C=O) groups excluding carboxylic acids is 2. The zero-order valence-electron chi connectivity index (χ0n) is 13.4. The first-order valence-corrected chi connectivity index (χ1v) is 7.84. The van der Waals surface area contributed by atoms with Crippen molar-refractivity contribution < 1.29 is 19.1 Å². The molecule has 0 atom stereocenters. The molecule has 0 aromatic heterocycles. The topological polar surface area (TPSA) is 52.6 Å². The molecule has 122 valence electrons. The standard InChI is InChI=1S/C20H18O4/c1-23-17-10-8-15(9-11-17)19(21)12-5-14-3-2-4-18(13-14)24-20(22)16-6-7-16/h2-5,8-13,16H,6-7H2,1H3. The molecule has 0 amide bonds. The van der Waals surface area contributed by atoms with E-state index in [0.717, 1.165) is 18.4 Å². The summed E-state index contributed by atoms with van der Waals surface area (Å²) in [7, 11) is 1.58. The van der Waals surface area contributed by atoms with Crippen LogP contribution >= 0.6 is 0 Å². The van der Waals surface area contributed by atoms with E-state index in [2.05, 4.69) is 0 Å². The minimum Gasteiger partial charge on any atom is -0.497 e. The van der Waals surface area contributed by atoms with Gasteiger partial charge in [-0.15, -0.1) is 0 Å². The van der Waals surface area contributed by atoms with Gasteiger partial charge in [0.05, 0.1) is 13.0 Å². The fourth-order valence-electron chi connectivity index (χ4n) is 2.22. The predicted octanol–water partition coefficient (Wildman–Crippen LogP) is 3.91. The number of hydrogen-bond acceptors (Lipinski definition) is 4. The van der Waals surface area contributed by atoms with Crippen molar-refractivity contribution in [3.05, 3.63) is 65.7 Å². The van der Waals surface area contributed by atoms with Gasteiger partial charge in [0, 0.05) is 5.56 Å². The summed E-state index contributed by atoms with van der Waals surface area (Å²) in [6.07, 6.45) is 5.04.